The van der Waals surface area contributed by atoms with Crippen molar-refractivity contribution < 1.29 is 38.7 Å². The molecule has 6 N–H and O–H groups in total. The normalized spacial score (nSPS) is 28.9. The molecule has 11 heteroatoms. The SMILES string of the molecule is C=CCNc1c(O)cc2c(O)c1C[C@@H](C)C[C@H](OC)[C@H](OC)[C@@H](C)/C=C(\C)[C@H](OC(N)=O)[C@@H](OC)/C=C\C=C(/C)C(=O)N2. The molecule has 2 amide bonds. The highest BCUT2D eigenvalue weighted by Gasteiger charge is 2.31. The zero-order valence-corrected chi connectivity index (χ0v) is 26.2. The van der Waals surface area contributed by atoms with Crippen LogP contribution >= 0.6 is 0 Å². The largest absolute Gasteiger partial charge is 0.506 e. The molecule has 0 saturated carbocycles. The molecule has 1 aromatic carbocycles. The fourth-order valence-corrected chi connectivity index (χ4v) is 5.33. The maximum absolute atomic E-state index is 13.1. The van der Waals surface area contributed by atoms with Crippen LogP contribution in [-0.4, -0.2) is 74.5 Å². The van der Waals surface area contributed by atoms with Gasteiger partial charge in [0.15, 0.2) is 6.10 Å². The summed E-state index contributed by atoms with van der Waals surface area (Å²) in [6.45, 7) is 11.5. The van der Waals surface area contributed by atoms with Gasteiger partial charge < -0.3 is 45.5 Å². The molecule has 2 rings (SSSR count). The number of hydrogen-bond donors (Lipinski definition) is 5. The molecule has 0 fully saturated rings. The number of ether oxygens (including phenoxy) is 4. The quantitative estimate of drug-likeness (QED) is 0.168. The first-order valence-corrected chi connectivity index (χ1v) is 14.2. The number of nitrogens with two attached hydrogens (primary N) is 1. The number of benzene rings is 1. The smallest absolute Gasteiger partial charge is 0.405 e. The van der Waals surface area contributed by atoms with Gasteiger partial charge in [-0.15, -0.1) is 6.58 Å². The lowest BCUT2D eigenvalue weighted by Gasteiger charge is -2.32. The summed E-state index contributed by atoms with van der Waals surface area (Å²) >= 11 is 0. The number of anilines is 2. The average molecular weight is 602 g/mol. The van der Waals surface area contributed by atoms with E-state index in [0.717, 1.165) is 0 Å². The monoisotopic (exact) mass is 601 g/mol. The summed E-state index contributed by atoms with van der Waals surface area (Å²) in [5, 5.41) is 28.0. The number of amides is 2. The molecule has 0 unspecified atom stereocenters. The molecule has 0 aliphatic carbocycles. The zero-order chi connectivity index (χ0) is 32.3. The molecule has 43 heavy (non-hydrogen) atoms. The summed E-state index contributed by atoms with van der Waals surface area (Å²) < 4.78 is 22.9. The van der Waals surface area contributed by atoms with E-state index in [4.69, 9.17) is 24.7 Å². The summed E-state index contributed by atoms with van der Waals surface area (Å²) in [7, 11) is 4.69. The lowest BCUT2D eigenvalue weighted by atomic mass is 9.87. The van der Waals surface area contributed by atoms with Gasteiger partial charge in [-0.2, -0.15) is 0 Å². The molecular weight excluding hydrogens is 554 g/mol. The van der Waals surface area contributed by atoms with Gasteiger partial charge in [0.05, 0.1) is 23.6 Å². The first-order chi connectivity index (χ1) is 20.4. The van der Waals surface area contributed by atoms with E-state index in [1.165, 1.54) is 13.2 Å². The number of nitrogens with one attached hydrogen (secondary N) is 2. The minimum atomic E-state index is -0.955. The zero-order valence-electron chi connectivity index (χ0n) is 26.2. The number of allylic oxidation sites excluding steroid dienone is 2. The van der Waals surface area contributed by atoms with Crippen LogP contribution in [0.25, 0.3) is 0 Å². The number of fused-ring (bicyclic) bond motifs is 2. The van der Waals surface area contributed by atoms with Crippen molar-refractivity contribution in [3.8, 4) is 11.5 Å². The van der Waals surface area contributed by atoms with Crippen molar-refractivity contribution in [3.63, 3.8) is 0 Å². The summed E-state index contributed by atoms with van der Waals surface area (Å²) in [6.07, 6.45) is 6.03. The maximum atomic E-state index is 13.1. The molecule has 0 saturated heterocycles. The Balaban J connectivity index is 2.70. The second-order valence-electron chi connectivity index (χ2n) is 10.9. The number of carbonyl (C=O) groups excluding carboxylic acids is 2. The number of aromatic hydroxyl groups is 2. The second-order valence-corrected chi connectivity index (χ2v) is 10.9. The third-order valence-corrected chi connectivity index (χ3v) is 7.49. The predicted molar refractivity (Wildman–Crippen MR) is 167 cm³/mol. The van der Waals surface area contributed by atoms with E-state index in [2.05, 4.69) is 17.2 Å². The second kappa shape index (κ2) is 16.7. The molecule has 0 aromatic heterocycles. The van der Waals surface area contributed by atoms with E-state index in [0.29, 0.717) is 41.8 Å². The van der Waals surface area contributed by atoms with Crippen LogP contribution in [0.1, 0.15) is 39.7 Å². The predicted octanol–water partition coefficient (Wildman–Crippen LogP) is 4.81. The number of rotatable bonds is 7. The van der Waals surface area contributed by atoms with Crippen LogP contribution in [-0.2, 0) is 30.2 Å². The van der Waals surface area contributed by atoms with Crippen molar-refractivity contribution in [2.45, 2.75) is 65.0 Å². The van der Waals surface area contributed by atoms with Gasteiger partial charge in [0.2, 0.25) is 0 Å². The van der Waals surface area contributed by atoms with Gasteiger partial charge in [-0.05, 0) is 38.2 Å². The minimum absolute atomic E-state index is 0.0582. The number of hydrogen-bond acceptors (Lipinski definition) is 9. The van der Waals surface area contributed by atoms with Gasteiger partial charge in [-0.25, -0.2) is 4.79 Å². The first kappa shape index (κ1) is 35.4. The van der Waals surface area contributed by atoms with Crippen LogP contribution < -0.4 is 16.4 Å². The Morgan fingerprint density at radius 3 is 2.47 bits per heavy atom. The molecule has 238 valence electrons. The average Bonchev–Trinajstić information content (AvgIpc) is 2.95. The van der Waals surface area contributed by atoms with Crippen LogP contribution in [0, 0.1) is 11.8 Å². The van der Waals surface area contributed by atoms with Gasteiger partial charge in [0, 0.05) is 51.0 Å². The fourth-order valence-electron chi connectivity index (χ4n) is 5.33. The Morgan fingerprint density at radius 2 is 1.88 bits per heavy atom. The van der Waals surface area contributed by atoms with E-state index < -0.39 is 24.2 Å². The van der Waals surface area contributed by atoms with Crippen molar-refractivity contribution in [1.29, 1.82) is 0 Å². The van der Waals surface area contributed by atoms with E-state index in [1.807, 2.05) is 26.8 Å². The molecule has 1 heterocycles. The van der Waals surface area contributed by atoms with Crippen LogP contribution in [0.4, 0.5) is 16.2 Å². The highest BCUT2D eigenvalue weighted by atomic mass is 16.6. The number of phenolic OH excluding ortho intramolecular Hbond substituents is 2. The summed E-state index contributed by atoms with van der Waals surface area (Å²) in [5.74, 6) is -1.01. The Labute approximate surface area is 254 Å². The Bertz CT molecular complexity index is 1230. The molecule has 1 aromatic rings. The maximum Gasteiger partial charge on any atom is 0.405 e. The van der Waals surface area contributed by atoms with Crippen LogP contribution in [0.5, 0.6) is 11.5 Å². The van der Waals surface area contributed by atoms with Gasteiger partial charge >= 0.3 is 6.09 Å². The summed E-state index contributed by atoms with van der Waals surface area (Å²) in [6, 6.07) is 1.31. The molecule has 0 spiro atoms. The number of carbonyl (C=O) groups is 2. The van der Waals surface area contributed by atoms with Crippen molar-refractivity contribution in [1.82, 2.24) is 0 Å². The van der Waals surface area contributed by atoms with Gasteiger partial charge in [0.25, 0.3) is 5.91 Å². The third kappa shape index (κ3) is 9.60. The number of phenols is 2. The fraction of sp³-hybridized carbons (Fsp3) is 0.500. The summed E-state index contributed by atoms with van der Waals surface area (Å²) in [5.41, 5.74) is 7.28. The molecule has 0 radical (unpaired) electrons. The standard InChI is InChI=1S/C32H47N3O8/c1-9-13-34-27-22-14-18(2)15-26(41-7)29(42-8)20(4)16-21(5)30(43-32(33)39)25(40-6)12-10-11-19(3)31(38)35-23(28(22)37)17-24(27)36/h9-12,16-18,20,25-26,29-30,34,36-37H,1,13-15H2,2-8H3,(H2,33,39)(H,35,38)/b12-10-,19-11+,21-16+/t18-,20+,25+,26+,29-,30+/m1/s1. The lowest BCUT2D eigenvalue weighted by Crippen LogP contribution is -2.38. The number of methoxy groups -OCH3 is 3. The molecular formula is C32H47N3O8. The van der Waals surface area contributed by atoms with Crippen molar-refractivity contribution >= 4 is 23.4 Å². The van der Waals surface area contributed by atoms with Gasteiger partial charge in [-0.1, -0.05) is 44.2 Å². The van der Waals surface area contributed by atoms with Crippen LogP contribution in [0.3, 0.4) is 0 Å². The Hall–Kier alpha value is -3.80. The lowest BCUT2D eigenvalue weighted by molar-refractivity contribution is -0.112. The van der Waals surface area contributed by atoms with Crippen molar-refractivity contribution in [3.05, 3.63) is 59.7 Å². The van der Waals surface area contributed by atoms with Gasteiger partial charge in [0.1, 0.15) is 17.6 Å². The highest BCUT2D eigenvalue weighted by molar-refractivity contribution is 6.04. The molecule has 1 aliphatic rings. The third-order valence-electron chi connectivity index (χ3n) is 7.49. The summed E-state index contributed by atoms with van der Waals surface area (Å²) in [4.78, 5) is 24.9. The topological polar surface area (TPSA) is 162 Å². The molecule has 6 atom stereocenters. The van der Waals surface area contributed by atoms with E-state index in [-0.39, 0.29) is 41.2 Å². The first-order valence-electron chi connectivity index (χ1n) is 14.2. The van der Waals surface area contributed by atoms with Crippen LogP contribution in [0.15, 0.2) is 54.2 Å². The minimum Gasteiger partial charge on any atom is -0.506 e. The molecule has 1 aliphatic heterocycles. The van der Waals surface area contributed by atoms with Crippen molar-refractivity contribution in [2.24, 2.45) is 17.6 Å². The van der Waals surface area contributed by atoms with Crippen molar-refractivity contribution in [2.75, 3.05) is 38.5 Å². The van der Waals surface area contributed by atoms with E-state index in [9.17, 15) is 19.8 Å². The van der Waals surface area contributed by atoms with Gasteiger partial charge in [-0.3, -0.25) is 4.79 Å². The van der Waals surface area contributed by atoms with E-state index >= 15 is 0 Å². The Kier molecular flexibility index (Phi) is 13.8. The number of primary amides is 1. The molecule has 2 bridgehead atoms. The highest BCUT2D eigenvalue weighted by Crippen LogP contribution is 2.42. The van der Waals surface area contributed by atoms with Crippen LogP contribution in [0.2, 0.25) is 0 Å². The molecule has 11 nitrogen and oxygen atoms in total. The Morgan fingerprint density at radius 1 is 1.19 bits per heavy atom. The van der Waals surface area contributed by atoms with E-state index in [1.54, 1.807) is 45.4 Å².